The van der Waals surface area contributed by atoms with Gasteiger partial charge in [0.1, 0.15) is 11.6 Å². The maximum Gasteiger partial charge on any atom is 0.187 e. The first-order chi connectivity index (χ1) is 9.54. The summed E-state index contributed by atoms with van der Waals surface area (Å²) in [4.78, 5) is 0. The zero-order valence-electron chi connectivity index (χ0n) is 11.1. The van der Waals surface area contributed by atoms with Crippen LogP contribution in [0.4, 0.5) is 4.39 Å². The maximum absolute atomic E-state index is 13.8. The maximum atomic E-state index is 13.8. The van der Waals surface area contributed by atoms with E-state index in [0.717, 1.165) is 0 Å². The van der Waals surface area contributed by atoms with Crippen LogP contribution in [-0.4, -0.2) is 22.5 Å². The van der Waals surface area contributed by atoms with Gasteiger partial charge in [-0.25, -0.2) is 4.39 Å². The van der Waals surface area contributed by atoms with Crippen LogP contribution < -0.4 is 10.7 Å². The van der Waals surface area contributed by atoms with Gasteiger partial charge in [0.05, 0.1) is 5.71 Å². The molecule has 20 heavy (non-hydrogen) atoms. The number of hydrogen-bond donors (Lipinski definition) is 3. The molecule has 4 nitrogen and oxygen atoms in total. The lowest BCUT2D eigenvalue weighted by atomic mass is 10.0. The van der Waals surface area contributed by atoms with Gasteiger partial charge in [0.15, 0.2) is 5.11 Å². The van der Waals surface area contributed by atoms with Gasteiger partial charge in [-0.2, -0.15) is 5.10 Å². The van der Waals surface area contributed by atoms with Gasteiger partial charge in [-0.15, -0.1) is 6.58 Å². The van der Waals surface area contributed by atoms with Crippen LogP contribution in [0.1, 0.15) is 30.4 Å². The van der Waals surface area contributed by atoms with E-state index >= 15 is 0 Å². The largest absolute Gasteiger partial charge is 0.507 e. The van der Waals surface area contributed by atoms with Crippen molar-refractivity contribution in [1.29, 1.82) is 0 Å². The Morgan fingerprint density at radius 1 is 1.65 bits per heavy atom. The quantitative estimate of drug-likeness (QED) is 0.455. The highest BCUT2D eigenvalue weighted by molar-refractivity contribution is 7.80. The number of hydrazone groups is 1. The van der Waals surface area contributed by atoms with Crippen LogP contribution >= 0.6 is 12.2 Å². The minimum atomic E-state index is -0.317. The summed E-state index contributed by atoms with van der Waals surface area (Å²) in [5.41, 5.74) is 4.28. The number of rotatable bonds is 3. The second-order valence-electron chi connectivity index (χ2n) is 4.63. The van der Waals surface area contributed by atoms with Crippen molar-refractivity contribution in [2.24, 2.45) is 5.10 Å². The van der Waals surface area contributed by atoms with Crippen molar-refractivity contribution in [3.8, 4) is 5.75 Å². The molecule has 6 heteroatoms. The molecule has 3 N–H and O–H groups in total. The van der Waals surface area contributed by atoms with Crippen LogP contribution in [0.15, 0.2) is 29.9 Å². The standard InChI is InChI=1S/C14H16FN3OS/c1-3-6-16-14(20)18-17-10-7-8(2)12-9(15)4-5-11(19)13(10)12/h3-5,8,19H,1,6-7H2,2H3,(H2,16,18,20)/b17-10+/t8-/m1/s1. The first kappa shape index (κ1) is 14.5. The van der Waals surface area contributed by atoms with E-state index < -0.39 is 0 Å². The van der Waals surface area contributed by atoms with Crippen LogP contribution in [-0.2, 0) is 0 Å². The number of halogens is 1. The summed E-state index contributed by atoms with van der Waals surface area (Å²) >= 11 is 5.03. The predicted molar refractivity (Wildman–Crippen MR) is 81.6 cm³/mol. The molecule has 2 rings (SSSR count). The smallest absolute Gasteiger partial charge is 0.187 e. The molecule has 0 radical (unpaired) electrons. The molecule has 0 aromatic heterocycles. The number of phenols is 1. The van der Waals surface area contributed by atoms with Crippen LogP contribution in [0, 0.1) is 5.82 Å². The molecule has 0 heterocycles. The Morgan fingerprint density at radius 3 is 3.10 bits per heavy atom. The zero-order chi connectivity index (χ0) is 14.7. The van der Waals surface area contributed by atoms with Gasteiger partial charge in [0, 0.05) is 17.7 Å². The van der Waals surface area contributed by atoms with Crippen molar-refractivity contribution in [3.05, 3.63) is 41.7 Å². The minimum absolute atomic E-state index is 0.0210. The number of nitrogens with one attached hydrogen (secondary N) is 2. The fourth-order valence-electron chi connectivity index (χ4n) is 2.29. The highest BCUT2D eigenvalue weighted by atomic mass is 32.1. The third-order valence-electron chi connectivity index (χ3n) is 3.15. The van der Waals surface area contributed by atoms with Crippen molar-refractivity contribution in [2.75, 3.05) is 6.54 Å². The molecule has 0 saturated heterocycles. The average molecular weight is 293 g/mol. The van der Waals surface area contributed by atoms with Crippen LogP contribution in [0.5, 0.6) is 5.75 Å². The van der Waals surface area contributed by atoms with Crippen LogP contribution in [0.2, 0.25) is 0 Å². The van der Waals surface area contributed by atoms with Crippen molar-refractivity contribution < 1.29 is 9.50 Å². The highest BCUT2D eigenvalue weighted by Gasteiger charge is 2.30. The minimum Gasteiger partial charge on any atom is -0.507 e. The third-order valence-corrected chi connectivity index (χ3v) is 3.39. The molecule has 0 unspecified atom stereocenters. The molecule has 106 valence electrons. The summed E-state index contributed by atoms with van der Waals surface area (Å²) in [6.45, 7) is 6.00. The number of aromatic hydroxyl groups is 1. The SMILES string of the molecule is C=CCNC(=S)N/N=C1\C[C@@H](C)c2c(F)ccc(O)c21. The molecule has 1 aliphatic carbocycles. The number of benzene rings is 1. The van der Waals surface area contributed by atoms with E-state index in [1.54, 1.807) is 6.08 Å². The normalized spacial score (nSPS) is 18.7. The van der Waals surface area contributed by atoms with E-state index in [-0.39, 0.29) is 17.5 Å². The van der Waals surface area contributed by atoms with E-state index in [0.29, 0.717) is 34.9 Å². The van der Waals surface area contributed by atoms with Gasteiger partial charge in [-0.3, -0.25) is 5.43 Å². The van der Waals surface area contributed by atoms with Crippen molar-refractivity contribution in [2.45, 2.75) is 19.3 Å². The number of thiocarbonyl (C=S) groups is 1. The summed E-state index contributed by atoms with van der Waals surface area (Å²) in [5.74, 6) is -0.300. The predicted octanol–water partition coefficient (Wildman–Crippen LogP) is 2.39. The molecular formula is C14H16FN3OS. The van der Waals surface area contributed by atoms with Crippen molar-refractivity contribution in [1.82, 2.24) is 10.7 Å². The molecule has 1 aliphatic rings. The third kappa shape index (κ3) is 2.80. The Kier molecular flexibility index (Phi) is 4.34. The average Bonchev–Trinajstić information content (AvgIpc) is 2.76. The lowest BCUT2D eigenvalue weighted by Gasteiger charge is -2.07. The van der Waals surface area contributed by atoms with Crippen LogP contribution in [0.3, 0.4) is 0 Å². The molecule has 1 aromatic carbocycles. The second kappa shape index (κ2) is 6.00. The van der Waals surface area contributed by atoms with Gasteiger partial charge in [0.2, 0.25) is 0 Å². The fraction of sp³-hybridized carbons (Fsp3) is 0.286. The lowest BCUT2D eigenvalue weighted by Crippen LogP contribution is -2.32. The topological polar surface area (TPSA) is 56.7 Å². The van der Waals surface area contributed by atoms with E-state index in [9.17, 15) is 9.50 Å². The van der Waals surface area contributed by atoms with E-state index in [1.807, 2.05) is 6.92 Å². The zero-order valence-corrected chi connectivity index (χ0v) is 11.9. The number of nitrogens with zero attached hydrogens (tertiary/aromatic N) is 1. The first-order valence-corrected chi connectivity index (χ1v) is 6.68. The fourth-order valence-corrected chi connectivity index (χ4v) is 2.41. The summed E-state index contributed by atoms with van der Waals surface area (Å²) in [5, 5.41) is 17.3. The molecule has 0 amide bonds. The Morgan fingerprint density at radius 2 is 2.40 bits per heavy atom. The van der Waals surface area contributed by atoms with Gasteiger partial charge in [-0.05, 0) is 36.7 Å². The molecule has 1 atom stereocenters. The molecule has 1 aromatic rings. The molecular weight excluding hydrogens is 277 g/mol. The molecule has 0 saturated carbocycles. The summed E-state index contributed by atoms with van der Waals surface area (Å²) < 4.78 is 13.8. The first-order valence-electron chi connectivity index (χ1n) is 6.27. The summed E-state index contributed by atoms with van der Waals surface area (Å²) in [6.07, 6.45) is 2.23. The monoisotopic (exact) mass is 293 g/mol. The molecule has 0 spiro atoms. The van der Waals surface area contributed by atoms with E-state index in [1.165, 1.54) is 12.1 Å². The molecule has 0 bridgehead atoms. The molecule has 0 fully saturated rings. The van der Waals surface area contributed by atoms with Gasteiger partial charge in [0.25, 0.3) is 0 Å². The Labute approximate surface area is 122 Å². The summed E-state index contributed by atoms with van der Waals surface area (Å²) in [6, 6.07) is 2.62. The number of phenolic OH excluding ortho intramolecular Hbond substituents is 1. The Bertz CT molecular complexity index is 586. The Hall–Kier alpha value is -1.95. The second-order valence-corrected chi connectivity index (χ2v) is 5.04. The number of fused-ring (bicyclic) bond motifs is 1. The van der Waals surface area contributed by atoms with Crippen LogP contribution in [0.25, 0.3) is 0 Å². The molecule has 0 aliphatic heterocycles. The summed E-state index contributed by atoms with van der Waals surface area (Å²) in [7, 11) is 0. The van der Waals surface area contributed by atoms with Gasteiger partial charge in [-0.1, -0.05) is 13.0 Å². The van der Waals surface area contributed by atoms with Crippen molar-refractivity contribution in [3.63, 3.8) is 0 Å². The highest BCUT2D eigenvalue weighted by Crippen LogP contribution is 2.39. The Balaban J connectivity index is 2.23. The van der Waals surface area contributed by atoms with Gasteiger partial charge < -0.3 is 10.4 Å². The number of hydrogen-bond acceptors (Lipinski definition) is 3. The van der Waals surface area contributed by atoms with E-state index in [2.05, 4.69) is 22.4 Å². The van der Waals surface area contributed by atoms with E-state index in [4.69, 9.17) is 12.2 Å². The van der Waals surface area contributed by atoms with Gasteiger partial charge >= 0.3 is 0 Å². The lowest BCUT2D eigenvalue weighted by molar-refractivity contribution is 0.470. The van der Waals surface area contributed by atoms with Crippen molar-refractivity contribution >= 4 is 23.0 Å².